The van der Waals surface area contributed by atoms with E-state index in [0.29, 0.717) is 12.1 Å². The Kier molecular flexibility index (Phi) is 6.72. The first-order chi connectivity index (χ1) is 14.4. The SMILES string of the molecule is CCc1cccc(C)c1NC(=O)COC(=O)c1cc(C)n(Cc2ccccc2)c1C. The van der Waals surface area contributed by atoms with Gasteiger partial charge in [0.2, 0.25) is 0 Å². The molecular formula is C25H28N2O3. The van der Waals surface area contributed by atoms with Gasteiger partial charge < -0.3 is 14.6 Å². The van der Waals surface area contributed by atoms with Crippen molar-refractivity contribution < 1.29 is 14.3 Å². The van der Waals surface area contributed by atoms with Crippen molar-refractivity contribution in [2.75, 3.05) is 11.9 Å². The predicted molar refractivity (Wildman–Crippen MR) is 119 cm³/mol. The van der Waals surface area contributed by atoms with Crippen molar-refractivity contribution >= 4 is 17.6 Å². The quantitative estimate of drug-likeness (QED) is 0.575. The van der Waals surface area contributed by atoms with E-state index in [-0.39, 0.29) is 12.5 Å². The zero-order chi connectivity index (χ0) is 21.7. The number of anilines is 1. The molecule has 0 atom stereocenters. The molecule has 5 nitrogen and oxygen atoms in total. The van der Waals surface area contributed by atoms with Gasteiger partial charge in [-0.25, -0.2) is 4.79 Å². The third-order valence-electron chi connectivity index (χ3n) is 5.32. The minimum Gasteiger partial charge on any atom is -0.452 e. The van der Waals surface area contributed by atoms with Gasteiger partial charge in [-0.1, -0.05) is 55.5 Å². The van der Waals surface area contributed by atoms with Crippen LogP contribution >= 0.6 is 0 Å². The molecule has 0 unspecified atom stereocenters. The molecule has 3 rings (SSSR count). The largest absolute Gasteiger partial charge is 0.452 e. The third-order valence-corrected chi connectivity index (χ3v) is 5.32. The summed E-state index contributed by atoms with van der Waals surface area (Å²) in [7, 11) is 0. The standard InChI is InChI=1S/C25H28N2O3/c1-5-21-13-9-10-17(2)24(21)26-23(28)16-30-25(29)22-14-18(3)27(19(22)4)15-20-11-7-6-8-12-20/h6-14H,5,15-16H2,1-4H3,(H,26,28). The van der Waals surface area contributed by atoms with Gasteiger partial charge in [-0.2, -0.15) is 0 Å². The number of carbonyl (C=O) groups is 2. The van der Waals surface area contributed by atoms with Gasteiger partial charge in [0, 0.05) is 23.6 Å². The number of aryl methyl sites for hydroxylation is 3. The van der Waals surface area contributed by atoms with Crippen molar-refractivity contribution in [2.24, 2.45) is 0 Å². The van der Waals surface area contributed by atoms with Crippen molar-refractivity contribution in [3.05, 3.63) is 88.2 Å². The number of para-hydroxylation sites is 1. The molecule has 0 aliphatic rings. The van der Waals surface area contributed by atoms with E-state index in [2.05, 4.69) is 22.0 Å². The number of amides is 1. The Morgan fingerprint density at radius 1 is 1.00 bits per heavy atom. The summed E-state index contributed by atoms with van der Waals surface area (Å²) in [5.41, 5.74) is 6.28. The average molecular weight is 405 g/mol. The number of benzene rings is 2. The molecule has 0 saturated carbocycles. The first kappa shape index (κ1) is 21.4. The lowest BCUT2D eigenvalue weighted by atomic mass is 10.1. The molecule has 1 aromatic heterocycles. The van der Waals surface area contributed by atoms with Gasteiger partial charge in [0.15, 0.2) is 6.61 Å². The number of rotatable bonds is 7. The molecule has 30 heavy (non-hydrogen) atoms. The van der Waals surface area contributed by atoms with Crippen LogP contribution < -0.4 is 5.32 Å². The molecule has 1 heterocycles. The van der Waals surface area contributed by atoms with Crippen LogP contribution in [0.15, 0.2) is 54.6 Å². The molecular weight excluding hydrogens is 376 g/mol. The molecule has 0 aliphatic carbocycles. The van der Waals surface area contributed by atoms with Crippen molar-refractivity contribution in [3.8, 4) is 0 Å². The number of aromatic nitrogens is 1. The lowest BCUT2D eigenvalue weighted by Crippen LogP contribution is -2.22. The van der Waals surface area contributed by atoms with E-state index in [9.17, 15) is 9.59 Å². The first-order valence-electron chi connectivity index (χ1n) is 10.2. The maximum absolute atomic E-state index is 12.6. The fourth-order valence-corrected chi connectivity index (χ4v) is 3.60. The predicted octanol–water partition coefficient (Wildman–Crippen LogP) is 4.82. The summed E-state index contributed by atoms with van der Waals surface area (Å²) in [6.45, 7) is 8.20. The first-order valence-corrected chi connectivity index (χ1v) is 10.2. The fourth-order valence-electron chi connectivity index (χ4n) is 3.60. The van der Waals surface area contributed by atoms with E-state index in [1.54, 1.807) is 0 Å². The molecule has 0 saturated heterocycles. The fraction of sp³-hybridized carbons (Fsp3) is 0.280. The van der Waals surface area contributed by atoms with Gasteiger partial charge in [-0.15, -0.1) is 0 Å². The highest BCUT2D eigenvalue weighted by Gasteiger charge is 2.18. The number of nitrogens with one attached hydrogen (secondary N) is 1. The zero-order valence-corrected chi connectivity index (χ0v) is 18.0. The van der Waals surface area contributed by atoms with Gasteiger partial charge >= 0.3 is 5.97 Å². The average Bonchev–Trinajstić information content (AvgIpc) is 3.02. The number of esters is 1. The monoisotopic (exact) mass is 404 g/mol. The Morgan fingerprint density at radius 2 is 1.73 bits per heavy atom. The summed E-state index contributed by atoms with van der Waals surface area (Å²) in [5.74, 6) is -0.830. The van der Waals surface area contributed by atoms with Gasteiger partial charge in [0.25, 0.3) is 5.91 Å². The Hall–Kier alpha value is -3.34. The lowest BCUT2D eigenvalue weighted by molar-refractivity contribution is -0.119. The summed E-state index contributed by atoms with van der Waals surface area (Å²) < 4.78 is 7.39. The molecule has 0 fully saturated rings. The van der Waals surface area contributed by atoms with E-state index < -0.39 is 5.97 Å². The van der Waals surface area contributed by atoms with Crippen LogP contribution in [0.5, 0.6) is 0 Å². The molecule has 0 aliphatic heterocycles. The highest BCUT2D eigenvalue weighted by atomic mass is 16.5. The smallest absolute Gasteiger partial charge is 0.340 e. The Bertz CT molecular complexity index is 1050. The van der Waals surface area contributed by atoms with E-state index >= 15 is 0 Å². The second-order valence-corrected chi connectivity index (χ2v) is 7.44. The van der Waals surface area contributed by atoms with E-state index in [4.69, 9.17) is 4.74 Å². The summed E-state index contributed by atoms with van der Waals surface area (Å²) in [5, 5.41) is 2.88. The second kappa shape index (κ2) is 9.44. The molecule has 3 aromatic rings. The van der Waals surface area contributed by atoms with Crippen LogP contribution in [0.2, 0.25) is 0 Å². The van der Waals surface area contributed by atoms with Gasteiger partial charge in [-0.3, -0.25) is 4.79 Å². The highest BCUT2D eigenvalue weighted by Crippen LogP contribution is 2.21. The Balaban J connectivity index is 1.65. The molecule has 0 spiro atoms. The van der Waals surface area contributed by atoms with Crippen LogP contribution in [-0.2, 0) is 22.5 Å². The van der Waals surface area contributed by atoms with Gasteiger partial charge in [0.05, 0.1) is 5.56 Å². The van der Waals surface area contributed by atoms with Crippen LogP contribution in [-0.4, -0.2) is 23.1 Å². The van der Waals surface area contributed by atoms with Crippen molar-refractivity contribution in [2.45, 2.75) is 40.7 Å². The highest BCUT2D eigenvalue weighted by molar-refractivity contribution is 5.97. The number of nitrogens with zero attached hydrogens (tertiary/aromatic N) is 1. The lowest BCUT2D eigenvalue weighted by Gasteiger charge is -2.13. The van der Waals surface area contributed by atoms with Crippen molar-refractivity contribution in [3.63, 3.8) is 0 Å². The minimum absolute atomic E-state index is 0.321. The number of hydrogen-bond donors (Lipinski definition) is 1. The summed E-state index contributed by atoms with van der Waals surface area (Å²) in [6, 6.07) is 17.8. The molecule has 2 aromatic carbocycles. The maximum Gasteiger partial charge on any atom is 0.340 e. The zero-order valence-electron chi connectivity index (χ0n) is 18.0. The van der Waals surface area contributed by atoms with E-state index in [1.807, 2.05) is 70.2 Å². The molecule has 1 N–H and O–H groups in total. The van der Waals surface area contributed by atoms with Crippen LogP contribution in [0.4, 0.5) is 5.69 Å². The molecule has 0 bridgehead atoms. The molecule has 0 radical (unpaired) electrons. The van der Waals surface area contributed by atoms with Crippen molar-refractivity contribution in [1.82, 2.24) is 4.57 Å². The summed E-state index contributed by atoms with van der Waals surface area (Å²) in [4.78, 5) is 25.0. The second-order valence-electron chi connectivity index (χ2n) is 7.44. The van der Waals surface area contributed by atoms with Crippen LogP contribution in [0.1, 0.15) is 45.4 Å². The van der Waals surface area contributed by atoms with Crippen molar-refractivity contribution in [1.29, 1.82) is 0 Å². The number of hydrogen-bond acceptors (Lipinski definition) is 3. The van der Waals surface area contributed by atoms with Crippen LogP contribution in [0.3, 0.4) is 0 Å². The topological polar surface area (TPSA) is 60.3 Å². The van der Waals surface area contributed by atoms with Gasteiger partial charge in [-0.05, 0) is 49.9 Å². The normalized spacial score (nSPS) is 10.7. The number of carbonyl (C=O) groups excluding carboxylic acids is 2. The van der Waals surface area contributed by atoms with Crippen LogP contribution in [0.25, 0.3) is 0 Å². The van der Waals surface area contributed by atoms with E-state index in [1.165, 1.54) is 0 Å². The summed E-state index contributed by atoms with van der Waals surface area (Å²) >= 11 is 0. The van der Waals surface area contributed by atoms with Crippen LogP contribution in [0, 0.1) is 20.8 Å². The Labute approximate surface area is 177 Å². The third kappa shape index (κ3) is 4.79. The minimum atomic E-state index is -0.488. The molecule has 156 valence electrons. The maximum atomic E-state index is 12.6. The molecule has 1 amide bonds. The Morgan fingerprint density at radius 3 is 2.43 bits per heavy atom. The van der Waals surface area contributed by atoms with Gasteiger partial charge in [0.1, 0.15) is 0 Å². The van der Waals surface area contributed by atoms with E-state index in [0.717, 1.165) is 40.2 Å². The summed E-state index contributed by atoms with van der Waals surface area (Å²) in [6.07, 6.45) is 0.810. The molecule has 5 heteroatoms. The number of ether oxygens (including phenoxy) is 1.